The molecule has 0 aromatic rings. The van der Waals surface area contributed by atoms with Gasteiger partial charge >= 0.3 is 5.97 Å². The SMILES string of the molecule is O=C(OCC(=O)N1CCCCCC1)C1CC1(Cl)Cl. The lowest BCUT2D eigenvalue weighted by atomic mass is 10.2. The second kappa shape index (κ2) is 5.66. The molecule has 4 nitrogen and oxygen atoms in total. The van der Waals surface area contributed by atoms with Gasteiger partial charge in [0.1, 0.15) is 4.33 Å². The highest BCUT2D eigenvalue weighted by Gasteiger charge is 2.57. The Morgan fingerprint density at radius 2 is 1.72 bits per heavy atom. The van der Waals surface area contributed by atoms with Crippen molar-refractivity contribution in [3.8, 4) is 0 Å². The molecule has 1 saturated carbocycles. The largest absolute Gasteiger partial charge is 0.455 e. The summed E-state index contributed by atoms with van der Waals surface area (Å²) in [4.78, 5) is 25.1. The number of esters is 1. The Kier molecular flexibility index (Phi) is 4.38. The number of carbonyl (C=O) groups excluding carboxylic acids is 2. The van der Waals surface area contributed by atoms with Gasteiger partial charge in [0.05, 0.1) is 5.92 Å². The number of halogens is 2. The molecule has 1 amide bonds. The molecule has 1 heterocycles. The third-order valence-electron chi connectivity index (χ3n) is 3.41. The normalized spacial score (nSPS) is 26.3. The van der Waals surface area contributed by atoms with E-state index < -0.39 is 16.2 Å². The van der Waals surface area contributed by atoms with Crippen molar-refractivity contribution < 1.29 is 14.3 Å². The molecule has 1 saturated heterocycles. The number of likely N-dealkylation sites (tertiary alicyclic amines) is 1. The van der Waals surface area contributed by atoms with Gasteiger partial charge in [-0.2, -0.15) is 0 Å². The van der Waals surface area contributed by atoms with Gasteiger partial charge in [-0.25, -0.2) is 0 Å². The van der Waals surface area contributed by atoms with E-state index in [9.17, 15) is 9.59 Å². The topological polar surface area (TPSA) is 46.6 Å². The molecular weight excluding hydrogens is 277 g/mol. The third-order valence-corrected chi connectivity index (χ3v) is 4.24. The summed E-state index contributed by atoms with van der Waals surface area (Å²) >= 11 is 11.5. The third kappa shape index (κ3) is 3.51. The molecule has 0 spiro atoms. The fourth-order valence-electron chi connectivity index (χ4n) is 2.11. The number of amides is 1. The Morgan fingerprint density at radius 3 is 2.22 bits per heavy atom. The standard InChI is InChI=1S/C12H17Cl2NO3/c13-12(14)7-9(12)11(17)18-8-10(16)15-5-3-1-2-4-6-15/h9H,1-8H2. The van der Waals surface area contributed by atoms with Crippen LogP contribution in [0.15, 0.2) is 0 Å². The molecule has 2 fully saturated rings. The number of rotatable bonds is 3. The predicted molar refractivity (Wildman–Crippen MR) is 68.6 cm³/mol. The first-order valence-electron chi connectivity index (χ1n) is 6.33. The molecule has 102 valence electrons. The average Bonchev–Trinajstić information content (AvgIpc) is 3.03. The number of ether oxygens (including phenoxy) is 1. The van der Waals surface area contributed by atoms with Crippen LogP contribution in [0.1, 0.15) is 32.1 Å². The summed E-state index contributed by atoms with van der Waals surface area (Å²) in [5.41, 5.74) is 0. The Morgan fingerprint density at radius 1 is 1.17 bits per heavy atom. The predicted octanol–water partition coefficient (Wildman–Crippen LogP) is 2.13. The molecule has 1 unspecified atom stereocenters. The van der Waals surface area contributed by atoms with Crippen molar-refractivity contribution in [2.75, 3.05) is 19.7 Å². The van der Waals surface area contributed by atoms with Gasteiger partial charge in [0.15, 0.2) is 6.61 Å². The Balaban J connectivity index is 1.72. The van der Waals surface area contributed by atoms with Crippen LogP contribution in [0.4, 0.5) is 0 Å². The lowest BCUT2D eigenvalue weighted by Crippen LogP contribution is -2.35. The Bertz CT molecular complexity index is 338. The lowest BCUT2D eigenvalue weighted by Gasteiger charge is -2.19. The molecule has 18 heavy (non-hydrogen) atoms. The smallest absolute Gasteiger partial charge is 0.312 e. The summed E-state index contributed by atoms with van der Waals surface area (Å²) in [7, 11) is 0. The zero-order chi connectivity index (χ0) is 13.2. The molecule has 0 N–H and O–H groups in total. The van der Waals surface area contributed by atoms with Crippen molar-refractivity contribution in [3.05, 3.63) is 0 Å². The van der Waals surface area contributed by atoms with Gasteiger partial charge in [-0.1, -0.05) is 12.8 Å². The Labute approximate surface area is 117 Å². The summed E-state index contributed by atoms with van der Waals surface area (Å²) < 4.78 is 3.97. The summed E-state index contributed by atoms with van der Waals surface area (Å²) in [6.07, 6.45) is 4.77. The molecule has 0 radical (unpaired) electrons. The number of hydrogen-bond donors (Lipinski definition) is 0. The van der Waals surface area contributed by atoms with E-state index in [-0.39, 0.29) is 12.5 Å². The van der Waals surface area contributed by atoms with Crippen LogP contribution in [0.25, 0.3) is 0 Å². The summed E-state index contributed by atoms with van der Waals surface area (Å²) in [5, 5.41) is 0. The fourth-order valence-corrected chi connectivity index (χ4v) is 2.60. The molecule has 1 aliphatic heterocycles. The average molecular weight is 294 g/mol. The van der Waals surface area contributed by atoms with E-state index in [0.29, 0.717) is 6.42 Å². The highest BCUT2D eigenvalue weighted by molar-refractivity contribution is 6.52. The highest BCUT2D eigenvalue weighted by Crippen LogP contribution is 2.53. The van der Waals surface area contributed by atoms with Crippen molar-refractivity contribution in [1.29, 1.82) is 0 Å². The second-order valence-electron chi connectivity index (χ2n) is 4.92. The van der Waals surface area contributed by atoms with Gasteiger partial charge in [0.2, 0.25) is 0 Å². The number of nitrogens with zero attached hydrogens (tertiary/aromatic N) is 1. The van der Waals surface area contributed by atoms with Crippen LogP contribution in [-0.2, 0) is 14.3 Å². The van der Waals surface area contributed by atoms with Crippen LogP contribution in [0, 0.1) is 5.92 Å². The van der Waals surface area contributed by atoms with Crippen molar-refractivity contribution >= 4 is 35.1 Å². The molecule has 0 aromatic carbocycles. The van der Waals surface area contributed by atoms with E-state index >= 15 is 0 Å². The van der Waals surface area contributed by atoms with Gasteiger partial charge in [0.25, 0.3) is 5.91 Å². The molecule has 0 bridgehead atoms. The minimum atomic E-state index is -0.983. The molecule has 1 aliphatic carbocycles. The van der Waals surface area contributed by atoms with Crippen molar-refractivity contribution in [2.45, 2.75) is 36.4 Å². The van der Waals surface area contributed by atoms with Crippen LogP contribution in [0.3, 0.4) is 0 Å². The van der Waals surface area contributed by atoms with Gasteiger partial charge in [-0.3, -0.25) is 9.59 Å². The van der Waals surface area contributed by atoms with Crippen molar-refractivity contribution in [2.24, 2.45) is 5.92 Å². The first kappa shape index (κ1) is 13.9. The van der Waals surface area contributed by atoms with Crippen LogP contribution in [-0.4, -0.2) is 40.8 Å². The quantitative estimate of drug-likeness (QED) is 0.592. The molecule has 0 aromatic heterocycles. The summed E-state index contributed by atoms with van der Waals surface area (Å²) in [6.45, 7) is 1.32. The van der Waals surface area contributed by atoms with Crippen LogP contribution in [0.2, 0.25) is 0 Å². The van der Waals surface area contributed by atoms with E-state index in [1.165, 1.54) is 0 Å². The van der Waals surface area contributed by atoms with E-state index in [0.717, 1.165) is 38.8 Å². The first-order chi connectivity index (χ1) is 8.50. The zero-order valence-electron chi connectivity index (χ0n) is 10.2. The Hall–Kier alpha value is -0.480. The molecule has 2 rings (SSSR count). The molecule has 6 heteroatoms. The summed E-state index contributed by atoms with van der Waals surface area (Å²) in [5.74, 6) is -1.07. The van der Waals surface area contributed by atoms with E-state index in [1.54, 1.807) is 4.90 Å². The van der Waals surface area contributed by atoms with Gasteiger partial charge < -0.3 is 9.64 Å². The second-order valence-corrected chi connectivity index (χ2v) is 6.46. The minimum absolute atomic E-state index is 0.124. The first-order valence-corrected chi connectivity index (χ1v) is 7.08. The molecular formula is C12H17Cl2NO3. The van der Waals surface area contributed by atoms with E-state index in [1.807, 2.05) is 0 Å². The number of carbonyl (C=O) groups is 2. The fraction of sp³-hybridized carbons (Fsp3) is 0.833. The van der Waals surface area contributed by atoms with Crippen LogP contribution < -0.4 is 0 Å². The molecule has 2 aliphatic rings. The van der Waals surface area contributed by atoms with Crippen molar-refractivity contribution in [3.63, 3.8) is 0 Å². The maximum absolute atomic E-state index is 11.8. The number of hydrogen-bond acceptors (Lipinski definition) is 3. The lowest BCUT2D eigenvalue weighted by molar-refractivity contribution is -0.153. The van der Waals surface area contributed by atoms with Crippen LogP contribution >= 0.6 is 23.2 Å². The maximum Gasteiger partial charge on any atom is 0.312 e. The van der Waals surface area contributed by atoms with Gasteiger partial charge in [-0.05, 0) is 19.3 Å². The van der Waals surface area contributed by atoms with Gasteiger partial charge in [0, 0.05) is 13.1 Å². The van der Waals surface area contributed by atoms with Gasteiger partial charge in [-0.15, -0.1) is 23.2 Å². The van der Waals surface area contributed by atoms with Crippen LogP contribution in [0.5, 0.6) is 0 Å². The maximum atomic E-state index is 11.8. The number of alkyl halides is 2. The summed E-state index contributed by atoms with van der Waals surface area (Å²) in [6, 6.07) is 0. The monoisotopic (exact) mass is 293 g/mol. The van der Waals surface area contributed by atoms with Crippen molar-refractivity contribution in [1.82, 2.24) is 4.90 Å². The van der Waals surface area contributed by atoms with E-state index in [4.69, 9.17) is 27.9 Å². The zero-order valence-corrected chi connectivity index (χ0v) is 11.7. The minimum Gasteiger partial charge on any atom is -0.455 e. The molecule has 1 atom stereocenters. The van der Waals surface area contributed by atoms with E-state index in [2.05, 4.69) is 0 Å². The highest BCUT2D eigenvalue weighted by atomic mass is 35.5.